The maximum atomic E-state index is 4.81. The fourth-order valence-electron chi connectivity index (χ4n) is 5.80. The van der Waals surface area contributed by atoms with Gasteiger partial charge in [-0.2, -0.15) is 0 Å². The molecule has 0 saturated carbocycles. The summed E-state index contributed by atoms with van der Waals surface area (Å²) in [5.41, 5.74) is 17.2. The fraction of sp³-hybridized carbons (Fsp3) is 0.200. The fourth-order valence-corrected chi connectivity index (χ4v) is 6.03. The van der Waals surface area contributed by atoms with E-state index < -0.39 is 4.30 Å². The standard InChI is InChI=1S/C22H22BrN.C22H23N.CHCl3.BHNS/c1-15-5-9-19(10-6-15)24(20-11-7-16(2)8-12-20)21-13-17(3)22(23)18(4)14-21;1-16-5-9-20(10-6-16)23(21-11-7-17(2)8-12-21)22-14-18(3)13-19(4)15-22;2-1(3)4;1-2-3/h5-14H,1-4H3;5-15H,1-4H3;1H;3H. The molecule has 6 aromatic rings. The molecule has 1 radical (unpaired) electrons. The van der Waals surface area contributed by atoms with Gasteiger partial charge < -0.3 is 9.80 Å². The number of anilines is 6. The number of nitrogens with zero attached hydrogens (tertiary/aromatic N) is 3. The molecule has 0 atom stereocenters. The Kier molecular flexibility index (Phi) is 18.4. The van der Waals surface area contributed by atoms with E-state index >= 15 is 0 Å². The van der Waals surface area contributed by atoms with Gasteiger partial charge >= 0.3 is 24.8 Å². The Bertz CT molecular complexity index is 1940. The van der Waals surface area contributed by atoms with E-state index in [-0.39, 0.29) is 0 Å². The van der Waals surface area contributed by atoms with Crippen LogP contribution in [0.3, 0.4) is 0 Å². The number of halogens is 4. The van der Waals surface area contributed by atoms with E-state index in [1.54, 1.807) is 0 Å². The predicted octanol–water partition coefficient (Wildman–Crippen LogP) is 15.7. The van der Waals surface area contributed by atoms with Crippen LogP contribution in [0.4, 0.5) is 34.1 Å². The molecule has 0 aromatic heterocycles. The first-order valence-corrected chi connectivity index (χ1v) is 19.8. The molecule has 0 aliphatic heterocycles. The first kappa shape index (κ1) is 44.9. The van der Waals surface area contributed by atoms with Gasteiger partial charge in [-0.05, 0) is 150 Å². The van der Waals surface area contributed by atoms with Crippen LogP contribution in [0, 0.1) is 55.4 Å². The van der Waals surface area contributed by atoms with Crippen molar-refractivity contribution in [2.24, 2.45) is 4.30 Å². The molecule has 0 fully saturated rings. The van der Waals surface area contributed by atoms with Gasteiger partial charge in [-0.25, -0.2) is 0 Å². The average molecular weight is 859 g/mol. The second kappa shape index (κ2) is 22.1. The van der Waals surface area contributed by atoms with Gasteiger partial charge in [0.25, 0.3) is 0 Å². The Morgan fingerprint density at radius 3 is 0.907 bits per heavy atom. The van der Waals surface area contributed by atoms with Gasteiger partial charge in [-0.15, -0.1) is 0 Å². The predicted molar refractivity (Wildman–Crippen MR) is 246 cm³/mol. The summed E-state index contributed by atoms with van der Waals surface area (Å²) in [7, 11) is 4.34. The van der Waals surface area contributed by atoms with Crippen molar-refractivity contribution in [1.82, 2.24) is 0 Å². The van der Waals surface area contributed by atoms with Crippen molar-refractivity contribution in [3.8, 4) is 0 Å². The summed E-state index contributed by atoms with van der Waals surface area (Å²) in [6.07, 6.45) is 0. The first-order valence-electron chi connectivity index (χ1n) is 17.3. The van der Waals surface area contributed by atoms with Crippen molar-refractivity contribution in [3.63, 3.8) is 0 Å². The molecule has 54 heavy (non-hydrogen) atoms. The van der Waals surface area contributed by atoms with Crippen LogP contribution < -0.4 is 9.80 Å². The molecule has 9 heteroatoms. The third kappa shape index (κ3) is 14.0. The molecule has 0 N–H and O–H groups in total. The second-order valence-electron chi connectivity index (χ2n) is 13.1. The van der Waals surface area contributed by atoms with Gasteiger partial charge in [-0.1, -0.05) is 128 Å². The van der Waals surface area contributed by atoms with E-state index in [0.717, 1.165) is 0 Å². The van der Waals surface area contributed by atoms with E-state index in [2.05, 4.69) is 233 Å². The minimum absolute atomic E-state index is 0.750. The van der Waals surface area contributed by atoms with Crippen LogP contribution in [0.1, 0.15) is 44.5 Å². The Balaban J connectivity index is 0.000000248. The van der Waals surface area contributed by atoms with Crippen LogP contribution >= 0.6 is 63.5 Å². The van der Waals surface area contributed by atoms with Crippen LogP contribution in [-0.2, 0) is 0 Å². The van der Waals surface area contributed by atoms with Crippen molar-refractivity contribution in [1.29, 1.82) is 0 Å². The summed E-state index contributed by atoms with van der Waals surface area (Å²) in [6, 6.07) is 46.0. The number of rotatable bonds is 6. The molecule has 0 saturated heterocycles. The van der Waals surface area contributed by atoms with E-state index in [1.165, 1.54) is 83.1 Å². The third-order valence-corrected chi connectivity index (χ3v) is 9.56. The van der Waals surface area contributed by atoms with Gasteiger partial charge in [0, 0.05) is 38.6 Å². The van der Waals surface area contributed by atoms with Crippen LogP contribution in [-0.4, -0.2) is 11.9 Å². The van der Waals surface area contributed by atoms with Gasteiger partial charge in [0.2, 0.25) is 0 Å². The van der Waals surface area contributed by atoms with Crippen molar-refractivity contribution < 1.29 is 0 Å². The number of alkyl halides is 3. The average Bonchev–Trinajstić information content (AvgIpc) is 3.11. The van der Waals surface area contributed by atoms with Gasteiger partial charge in [0.15, 0.2) is 4.30 Å². The van der Waals surface area contributed by atoms with Gasteiger partial charge in [-0.3, -0.25) is 0 Å². The minimum atomic E-state index is -0.750. The van der Waals surface area contributed by atoms with Crippen LogP contribution in [0.5, 0.6) is 0 Å². The first-order chi connectivity index (χ1) is 25.6. The summed E-state index contributed by atoms with van der Waals surface area (Å²) >= 11 is 21.3. The zero-order valence-electron chi connectivity index (χ0n) is 32.1. The molecule has 0 unspecified atom stereocenters. The van der Waals surface area contributed by atoms with Crippen molar-refractivity contribution in [2.45, 2.75) is 59.7 Å². The van der Waals surface area contributed by atoms with E-state index in [9.17, 15) is 0 Å². The van der Waals surface area contributed by atoms with E-state index in [1.807, 2.05) is 0 Å². The Morgan fingerprint density at radius 1 is 0.444 bits per heavy atom. The van der Waals surface area contributed by atoms with E-state index in [0.29, 0.717) is 0 Å². The molecule has 0 bridgehead atoms. The number of hydrogen-bond donors (Lipinski definition) is 1. The number of thiol groups is 1. The normalized spacial score (nSPS) is 10.2. The molecule has 0 amide bonds. The Morgan fingerprint density at radius 2 is 0.667 bits per heavy atom. The topological polar surface area (TPSA) is 18.8 Å². The zero-order valence-corrected chi connectivity index (χ0v) is 36.8. The summed E-state index contributed by atoms with van der Waals surface area (Å²) in [6.45, 7) is 17.1. The summed E-state index contributed by atoms with van der Waals surface area (Å²) in [4.78, 5) is 4.63. The van der Waals surface area contributed by atoms with Crippen LogP contribution in [0.2, 0.25) is 0 Å². The molecule has 6 aromatic carbocycles. The van der Waals surface area contributed by atoms with Crippen molar-refractivity contribution in [2.75, 3.05) is 9.80 Å². The quantitative estimate of drug-likeness (QED) is 0.102. The summed E-state index contributed by atoms with van der Waals surface area (Å²) in [5, 5.41) is 0. The van der Waals surface area contributed by atoms with Crippen LogP contribution in [0.15, 0.2) is 136 Å². The summed E-state index contributed by atoms with van der Waals surface area (Å²) < 4.78 is 3.12. The Hall–Kier alpha value is -3.52. The molecule has 6 rings (SSSR count). The van der Waals surface area contributed by atoms with Crippen LogP contribution in [0.25, 0.3) is 0 Å². The third-order valence-electron chi connectivity index (χ3n) is 8.31. The zero-order chi connectivity index (χ0) is 39.9. The Labute approximate surface area is 353 Å². The van der Waals surface area contributed by atoms with Crippen molar-refractivity contribution in [3.05, 3.63) is 176 Å². The SMILES string of the molecule is Cc1ccc(N(c2ccc(C)cc2)c2cc(C)c(Br)c(C)c2)cc1.Cc1ccc(N(c2ccc(C)cc2)c2cc(C)cc(C)c2)cc1.ClC(Cl)Cl.[B]=NS. The molecular weight excluding hydrogens is 812 g/mol. The van der Waals surface area contributed by atoms with Gasteiger partial charge in [0.05, 0.1) is 0 Å². The number of benzene rings is 6. The second-order valence-corrected chi connectivity index (χ2v) is 16.1. The van der Waals surface area contributed by atoms with E-state index in [4.69, 9.17) is 34.8 Å². The summed E-state index contributed by atoms with van der Waals surface area (Å²) in [5.74, 6) is 0. The molecule has 3 nitrogen and oxygen atoms in total. The molecule has 279 valence electrons. The molecule has 0 aliphatic rings. The monoisotopic (exact) mass is 856 g/mol. The maximum absolute atomic E-state index is 4.81. The number of aryl methyl sites for hydroxylation is 8. The molecule has 0 heterocycles. The molecule has 0 aliphatic carbocycles. The van der Waals surface area contributed by atoms with Crippen molar-refractivity contribution >= 4 is 105 Å². The number of hydrogen-bond acceptors (Lipinski definition) is 4. The van der Waals surface area contributed by atoms with Gasteiger partial charge in [0.1, 0.15) is 0 Å². The molecule has 0 spiro atoms. The molecular formula is C45H47BBrCl3N3S.